The second kappa shape index (κ2) is 8.83. The molecule has 0 saturated carbocycles. The number of barbiturate groups is 1. The van der Waals surface area contributed by atoms with Crippen LogP contribution in [0.4, 0.5) is 10.5 Å². The lowest BCUT2D eigenvalue weighted by atomic mass is 10.0. The molecule has 0 spiro atoms. The first-order valence-electron chi connectivity index (χ1n) is 10.7. The molecule has 2 heterocycles. The fraction of sp³-hybridized carbons (Fsp3) is 0.192. The Kier molecular flexibility index (Phi) is 6.08. The van der Waals surface area contributed by atoms with Crippen LogP contribution in [0.5, 0.6) is 0 Å². The van der Waals surface area contributed by atoms with Crippen molar-refractivity contribution in [2.24, 2.45) is 0 Å². The Morgan fingerprint density at radius 2 is 1.70 bits per heavy atom. The molecule has 7 heteroatoms. The van der Waals surface area contributed by atoms with Crippen molar-refractivity contribution in [3.8, 4) is 5.69 Å². The lowest BCUT2D eigenvalue weighted by Gasteiger charge is -2.26. The minimum absolute atomic E-state index is 0.0849. The van der Waals surface area contributed by atoms with Gasteiger partial charge in [0, 0.05) is 15.9 Å². The number of aromatic nitrogens is 1. The van der Waals surface area contributed by atoms with Crippen LogP contribution >= 0.6 is 15.9 Å². The number of imide groups is 2. The number of rotatable bonds is 4. The van der Waals surface area contributed by atoms with Crippen LogP contribution in [0.25, 0.3) is 11.8 Å². The van der Waals surface area contributed by atoms with Crippen molar-refractivity contribution in [1.29, 1.82) is 0 Å². The second-order valence-corrected chi connectivity index (χ2v) is 8.95. The summed E-state index contributed by atoms with van der Waals surface area (Å²) in [6.07, 6.45) is 2.45. The Labute approximate surface area is 201 Å². The van der Waals surface area contributed by atoms with E-state index < -0.39 is 17.8 Å². The highest BCUT2D eigenvalue weighted by atomic mass is 79.9. The minimum Gasteiger partial charge on any atom is -0.317 e. The van der Waals surface area contributed by atoms with Crippen LogP contribution < -0.4 is 10.2 Å². The van der Waals surface area contributed by atoms with Gasteiger partial charge in [0.1, 0.15) is 5.57 Å². The molecule has 1 aliphatic heterocycles. The molecule has 4 amide bonds. The number of halogens is 1. The van der Waals surface area contributed by atoms with Crippen LogP contribution in [0.1, 0.15) is 35.0 Å². The summed E-state index contributed by atoms with van der Waals surface area (Å²) in [5.74, 6) is -1.35. The number of nitrogens with zero attached hydrogens (tertiary/aromatic N) is 2. The van der Waals surface area contributed by atoms with Crippen LogP contribution in [-0.2, 0) is 16.0 Å². The number of carbonyl (C=O) groups is 3. The van der Waals surface area contributed by atoms with E-state index in [0.717, 1.165) is 44.0 Å². The zero-order valence-electron chi connectivity index (χ0n) is 18.9. The molecule has 1 aromatic heterocycles. The number of nitrogens with one attached hydrogen (secondary N) is 1. The van der Waals surface area contributed by atoms with E-state index in [0.29, 0.717) is 5.69 Å². The number of anilines is 1. The Bertz CT molecular complexity index is 1320. The summed E-state index contributed by atoms with van der Waals surface area (Å²) in [4.78, 5) is 39.3. The highest BCUT2D eigenvalue weighted by molar-refractivity contribution is 9.10. The van der Waals surface area contributed by atoms with Crippen LogP contribution in [0.2, 0.25) is 0 Å². The molecule has 168 valence electrons. The molecule has 1 N–H and O–H groups in total. The van der Waals surface area contributed by atoms with E-state index in [2.05, 4.69) is 51.8 Å². The molecule has 1 aliphatic rings. The monoisotopic (exact) mass is 505 g/mol. The van der Waals surface area contributed by atoms with Crippen LogP contribution in [0.15, 0.2) is 58.6 Å². The number of aryl methyl sites for hydroxylation is 3. The number of para-hydroxylation sites is 1. The summed E-state index contributed by atoms with van der Waals surface area (Å²) in [5, 5.41) is 2.28. The van der Waals surface area contributed by atoms with Crippen molar-refractivity contribution in [2.75, 3.05) is 4.90 Å². The van der Waals surface area contributed by atoms with Gasteiger partial charge in [-0.2, -0.15) is 0 Å². The fourth-order valence-corrected chi connectivity index (χ4v) is 4.50. The van der Waals surface area contributed by atoms with Gasteiger partial charge in [0.2, 0.25) is 0 Å². The first kappa shape index (κ1) is 22.7. The molecule has 1 saturated heterocycles. The van der Waals surface area contributed by atoms with Crippen LogP contribution in [0.3, 0.4) is 0 Å². The summed E-state index contributed by atoms with van der Waals surface area (Å²) < 4.78 is 2.97. The fourth-order valence-electron chi connectivity index (χ4n) is 4.24. The van der Waals surface area contributed by atoms with E-state index in [9.17, 15) is 14.4 Å². The van der Waals surface area contributed by atoms with Crippen molar-refractivity contribution in [3.05, 3.63) is 86.7 Å². The Morgan fingerprint density at radius 3 is 2.36 bits per heavy atom. The predicted molar refractivity (Wildman–Crippen MR) is 133 cm³/mol. The zero-order chi connectivity index (χ0) is 23.9. The second-order valence-electron chi connectivity index (χ2n) is 8.03. The van der Waals surface area contributed by atoms with E-state index in [1.165, 1.54) is 5.56 Å². The van der Waals surface area contributed by atoms with E-state index in [4.69, 9.17) is 0 Å². The predicted octanol–water partition coefficient (Wildman–Crippen LogP) is 5.39. The molecule has 4 rings (SSSR count). The maximum absolute atomic E-state index is 13.2. The normalized spacial score (nSPS) is 15.4. The average molecular weight is 506 g/mol. The third-order valence-corrected chi connectivity index (χ3v) is 6.41. The van der Waals surface area contributed by atoms with Gasteiger partial charge in [-0.25, -0.2) is 9.69 Å². The Balaban J connectivity index is 1.80. The standard InChI is InChI=1S/C26H24BrN3O3/c1-5-18-8-6-7-15(2)23(18)29-16(3)13-19(17(29)4)14-22-24(31)28-26(33)30(25(22)32)21-11-9-20(27)10-12-21/h6-14H,5H2,1-4H3,(H,28,31,33)/b22-14+. The maximum Gasteiger partial charge on any atom is 0.335 e. The number of hydrogen-bond donors (Lipinski definition) is 1. The summed E-state index contributed by atoms with van der Waals surface area (Å²) >= 11 is 3.35. The number of urea groups is 1. The summed E-state index contributed by atoms with van der Waals surface area (Å²) in [7, 11) is 0. The van der Waals surface area contributed by atoms with Gasteiger partial charge < -0.3 is 4.57 Å². The lowest BCUT2D eigenvalue weighted by Crippen LogP contribution is -2.54. The van der Waals surface area contributed by atoms with Gasteiger partial charge in [0.25, 0.3) is 11.8 Å². The van der Waals surface area contributed by atoms with Crippen molar-refractivity contribution in [2.45, 2.75) is 34.1 Å². The first-order chi connectivity index (χ1) is 15.7. The zero-order valence-corrected chi connectivity index (χ0v) is 20.5. The third kappa shape index (κ3) is 4.04. The minimum atomic E-state index is -0.762. The lowest BCUT2D eigenvalue weighted by molar-refractivity contribution is -0.122. The number of amides is 4. The molecule has 0 bridgehead atoms. The molecule has 0 aliphatic carbocycles. The Hall–Kier alpha value is -3.45. The van der Waals surface area contributed by atoms with Gasteiger partial charge in [-0.1, -0.05) is 41.1 Å². The van der Waals surface area contributed by atoms with Crippen LogP contribution in [-0.4, -0.2) is 22.4 Å². The number of benzene rings is 2. The smallest absolute Gasteiger partial charge is 0.317 e. The van der Waals surface area contributed by atoms with E-state index in [-0.39, 0.29) is 5.57 Å². The quantitative estimate of drug-likeness (QED) is 0.381. The molecule has 6 nitrogen and oxygen atoms in total. The van der Waals surface area contributed by atoms with E-state index in [1.807, 2.05) is 26.0 Å². The molecule has 0 radical (unpaired) electrons. The maximum atomic E-state index is 13.2. The van der Waals surface area contributed by atoms with Crippen molar-refractivity contribution >= 4 is 45.5 Å². The first-order valence-corrected chi connectivity index (χ1v) is 11.5. The SMILES string of the molecule is CCc1cccc(C)c1-n1c(C)cc(/C=C2\C(=O)NC(=O)N(c3ccc(Br)cc3)C2=O)c1C. The molecule has 0 atom stereocenters. The van der Waals surface area contributed by atoms with Gasteiger partial charge in [-0.05, 0) is 80.3 Å². The van der Waals surface area contributed by atoms with E-state index in [1.54, 1.807) is 30.3 Å². The van der Waals surface area contributed by atoms with Crippen molar-refractivity contribution in [1.82, 2.24) is 9.88 Å². The molecule has 1 fully saturated rings. The highest BCUT2D eigenvalue weighted by Gasteiger charge is 2.37. The van der Waals surface area contributed by atoms with Gasteiger partial charge >= 0.3 is 6.03 Å². The van der Waals surface area contributed by atoms with Crippen molar-refractivity contribution in [3.63, 3.8) is 0 Å². The average Bonchev–Trinajstić information content (AvgIpc) is 3.05. The third-order valence-electron chi connectivity index (χ3n) is 5.88. The van der Waals surface area contributed by atoms with Crippen molar-refractivity contribution < 1.29 is 14.4 Å². The summed E-state index contributed by atoms with van der Waals surface area (Å²) in [5.41, 5.74) is 6.44. The molecule has 33 heavy (non-hydrogen) atoms. The number of carbonyl (C=O) groups excluding carboxylic acids is 3. The van der Waals surface area contributed by atoms with Gasteiger partial charge in [-0.3, -0.25) is 14.9 Å². The topological polar surface area (TPSA) is 71.4 Å². The molecule has 2 aromatic carbocycles. The van der Waals surface area contributed by atoms with Crippen LogP contribution in [0, 0.1) is 20.8 Å². The van der Waals surface area contributed by atoms with Gasteiger partial charge in [0.15, 0.2) is 0 Å². The molecular formula is C26H24BrN3O3. The molecular weight excluding hydrogens is 482 g/mol. The summed E-state index contributed by atoms with van der Waals surface area (Å²) in [6.45, 7) is 8.16. The Morgan fingerprint density at radius 1 is 1.00 bits per heavy atom. The number of hydrogen-bond acceptors (Lipinski definition) is 3. The van der Waals surface area contributed by atoms with E-state index >= 15 is 0 Å². The largest absolute Gasteiger partial charge is 0.335 e. The van der Waals surface area contributed by atoms with Gasteiger partial charge in [0.05, 0.1) is 11.4 Å². The molecule has 0 unspecified atom stereocenters. The molecule has 3 aromatic rings. The summed E-state index contributed by atoms with van der Waals surface area (Å²) in [6, 6.07) is 14.2. The van der Waals surface area contributed by atoms with Gasteiger partial charge in [-0.15, -0.1) is 0 Å². The highest BCUT2D eigenvalue weighted by Crippen LogP contribution is 2.29.